The summed E-state index contributed by atoms with van der Waals surface area (Å²) in [5.41, 5.74) is 1.15. The smallest absolute Gasteiger partial charge is 0.0898 e. The van der Waals surface area contributed by atoms with Crippen molar-refractivity contribution in [1.82, 2.24) is 10.3 Å². The van der Waals surface area contributed by atoms with Crippen LogP contribution in [-0.4, -0.2) is 23.2 Å². The molecule has 1 aromatic rings. The number of aryl methyl sites for hydroxylation is 1. The minimum Gasteiger partial charge on any atom is -0.396 e. The zero-order valence-electron chi connectivity index (χ0n) is 10.2. The summed E-state index contributed by atoms with van der Waals surface area (Å²) >= 11 is 1.70. The maximum Gasteiger partial charge on any atom is 0.0898 e. The Bertz CT molecular complexity index is 288. The van der Waals surface area contributed by atoms with Crippen molar-refractivity contribution in [3.05, 3.63) is 16.1 Å². The van der Waals surface area contributed by atoms with E-state index in [2.05, 4.69) is 22.6 Å². The van der Waals surface area contributed by atoms with Crippen LogP contribution >= 0.6 is 11.3 Å². The van der Waals surface area contributed by atoms with E-state index < -0.39 is 0 Å². The summed E-state index contributed by atoms with van der Waals surface area (Å²) < 4.78 is 0. The Hall–Kier alpha value is -0.450. The van der Waals surface area contributed by atoms with E-state index >= 15 is 0 Å². The molecule has 3 nitrogen and oxygen atoms in total. The molecule has 0 fully saturated rings. The molecule has 0 saturated carbocycles. The maximum absolute atomic E-state index is 8.64. The summed E-state index contributed by atoms with van der Waals surface area (Å²) in [4.78, 5) is 4.46. The van der Waals surface area contributed by atoms with Crippen LogP contribution in [0.25, 0.3) is 0 Å². The summed E-state index contributed by atoms with van der Waals surface area (Å²) in [6.45, 7) is 5.54. The van der Waals surface area contributed by atoms with Crippen molar-refractivity contribution in [2.75, 3.05) is 13.2 Å². The fraction of sp³-hybridized carbons (Fsp3) is 0.750. The van der Waals surface area contributed by atoms with E-state index in [9.17, 15) is 0 Å². The quantitative estimate of drug-likeness (QED) is 0.689. The second-order valence-corrected chi connectivity index (χ2v) is 5.17. The van der Waals surface area contributed by atoms with Crippen LogP contribution in [0.2, 0.25) is 0 Å². The third-order valence-corrected chi connectivity index (χ3v) is 3.41. The predicted molar refractivity (Wildman–Crippen MR) is 68.8 cm³/mol. The lowest BCUT2D eigenvalue weighted by atomic mass is 10.2. The number of aliphatic hydroxyl groups is 1. The molecule has 1 unspecified atom stereocenters. The number of nitrogens with zero attached hydrogens (tertiary/aromatic N) is 1. The molecule has 0 aliphatic carbocycles. The molecule has 16 heavy (non-hydrogen) atoms. The van der Waals surface area contributed by atoms with Gasteiger partial charge in [0, 0.05) is 18.0 Å². The Labute approximate surface area is 102 Å². The summed E-state index contributed by atoms with van der Waals surface area (Å²) in [5.74, 6) is 0. The number of unbranched alkanes of at least 4 members (excludes halogenated alkanes) is 3. The molecule has 0 aromatic carbocycles. The third-order valence-electron chi connectivity index (χ3n) is 2.62. The lowest BCUT2D eigenvalue weighted by Gasteiger charge is -2.10. The van der Waals surface area contributed by atoms with Gasteiger partial charge in [0.1, 0.15) is 0 Å². The highest BCUT2D eigenvalue weighted by atomic mass is 32.1. The zero-order chi connectivity index (χ0) is 11.8. The topological polar surface area (TPSA) is 45.2 Å². The Balaban J connectivity index is 2.09. The minimum atomic E-state index is 0.321. The van der Waals surface area contributed by atoms with Crippen molar-refractivity contribution in [2.24, 2.45) is 0 Å². The van der Waals surface area contributed by atoms with Crippen molar-refractivity contribution in [2.45, 2.75) is 45.6 Å². The Morgan fingerprint density at radius 1 is 1.38 bits per heavy atom. The molecular weight excluding hydrogens is 220 g/mol. The summed E-state index contributed by atoms with van der Waals surface area (Å²) in [7, 11) is 0. The fourth-order valence-electron chi connectivity index (χ4n) is 1.59. The summed E-state index contributed by atoms with van der Waals surface area (Å²) in [6, 6.07) is 0.350. The number of hydrogen-bond acceptors (Lipinski definition) is 4. The average molecular weight is 242 g/mol. The van der Waals surface area contributed by atoms with Crippen molar-refractivity contribution < 1.29 is 5.11 Å². The van der Waals surface area contributed by atoms with Crippen LogP contribution in [0.3, 0.4) is 0 Å². The Morgan fingerprint density at radius 3 is 2.75 bits per heavy atom. The SMILES string of the molecule is Cc1nc(C(C)NCCCCCCO)cs1. The van der Waals surface area contributed by atoms with Crippen molar-refractivity contribution in [3.63, 3.8) is 0 Å². The van der Waals surface area contributed by atoms with Gasteiger partial charge < -0.3 is 10.4 Å². The fourth-order valence-corrected chi connectivity index (χ4v) is 2.30. The normalized spacial score (nSPS) is 12.9. The van der Waals surface area contributed by atoms with Crippen LogP contribution < -0.4 is 5.32 Å². The second kappa shape index (κ2) is 7.76. The highest BCUT2D eigenvalue weighted by Gasteiger charge is 2.07. The van der Waals surface area contributed by atoms with Gasteiger partial charge in [-0.05, 0) is 33.2 Å². The van der Waals surface area contributed by atoms with Gasteiger partial charge in [0.2, 0.25) is 0 Å². The van der Waals surface area contributed by atoms with E-state index in [0.29, 0.717) is 12.6 Å². The van der Waals surface area contributed by atoms with Crippen LogP contribution in [0.15, 0.2) is 5.38 Å². The summed E-state index contributed by atoms with van der Waals surface area (Å²) in [5, 5.41) is 15.4. The molecule has 0 saturated heterocycles. The third kappa shape index (κ3) is 5.05. The van der Waals surface area contributed by atoms with Gasteiger partial charge in [-0.25, -0.2) is 4.98 Å². The van der Waals surface area contributed by atoms with Gasteiger partial charge in [0.25, 0.3) is 0 Å². The largest absolute Gasteiger partial charge is 0.396 e. The molecule has 4 heteroatoms. The van der Waals surface area contributed by atoms with E-state index in [4.69, 9.17) is 5.11 Å². The number of hydrogen-bond donors (Lipinski definition) is 2. The first-order valence-corrected chi connectivity index (χ1v) is 6.88. The van der Waals surface area contributed by atoms with E-state index in [-0.39, 0.29) is 0 Å². The molecule has 0 amide bonds. The standard InChI is InChI=1S/C12H22N2OS/c1-10(12-9-16-11(2)14-12)13-7-5-3-4-6-8-15/h9-10,13,15H,3-8H2,1-2H3. The number of nitrogens with one attached hydrogen (secondary N) is 1. The van der Waals surface area contributed by atoms with E-state index in [1.165, 1.54) is 12.8 Å². The molecule has 0 aliphatic rings. The molecule has 92 valence electrons. The van der Waals surface area contributed by atoms with Gasteiger partial charge in [-0.2, -0.15) is 0 Å². The zero-order valence-corrected chi connectivity index (χ0v) is 11.0. The van der Waals surface area contributed by atoms with Crippen LogP contribution in [0.1, 0.15) is 49.4 Å². The molecule has 1 rings (SSSR count). The summed E-state index contributed by atoms with van der Waals surface area (Å²) in [6.07, 6.45) is 4.42. The van der Waals surface area contributed by atoms with Gasteiger partial charge in [-0.1, -0.05) is 12.8 Å². The number of thiazole rings is 1. The van der Waals surface area contributed by atoms with Gasteiger partial charge in [-0.15, -0.1) is 11.3 Å². The van der Waals surface area contributed by atoms with Gasteiger partial charge in [-0.3, -0.25) is 0 Å². The van der Waals surface area contributed by atoms with Crippen LogP contribution in [0, 0.1) is 6.92 Å². The highest BCUT2D eigenvalue weighted by molar-refractivity contribution is 7.09. The molecule has 0 spiro atoms. The molecule has 1 heterocycles. The monoisotopic (exact) mass is 242 g/mol. The van der Waals surface area contributed by atoms with E-state index in [1.54, 1.807) is 11.3 Å². The predicted octanol–water partition coefficient (Wildman–Crippen LogP) is 2.65. The Morgan fingerprint density at radius 2 is 2.12 bits per heavy atom. The van der Waals surface area contributed by atoms with Crippen molar-refractivity contribution in [1.29, 1.82) is 0 Å². The molecule has 2 N–H and O–H groups in total. The van der Waals surface area contributed by atoms with Crippen LogP contribution in [0.5, 0.6) is 0 Å². The number of rotatable bonds is 8. The molecule has 0 aliphatic heterocycles. The number of aliphatic hydroxyl groups excluding tert-OH is 1. The van der Waals surface area contributed by atoms with Gasteiger partial charge in [0.05, 0.1) is 10.7 Å². The van der Waals surface area contributed by atoms with E-state index in [1.807, 2.05) is 6.92 Å². The first-order valence-electron chi connectivity index (χ1n) is 6.00. The molecule has 1 aromatic heterocycles. The highest BCUT2D eigenvalue weighted by Crippen LogP contribution is 2.15. The second-order valence-electron chi connectivity index (χ2n) is 4.11. The average Bonchev–Trinajstić information content (AvgIpc) is 2.70. The van der Waals surface area contributed by atoms with Crippen molar-refractivity contribution >= 4 is 11.3 Å². The lowest BCUT2D eigenvalue weighted by molar-refractivity contribution is 0.282. The molecule has 0 bridgehead atoms. The van der Waals surface area contributed by atoms with Crippen LogP contribution in [0.4, 0.5) is 0 Å². The maximum atomic E-state index is 8.64. The first-order chi connectivity index (χ1) is 7.74. The number of aromatic nitrogens is 1. The minimum absolute atomic E-state index is 0.321. The molecule has 0 radical (unpaired) electrons. The van der Waals surface area contributed by atoms with Gasteiger partial charge in [0.15, 0.2) is 0 Å². The van der Waals surface area contributed by atoms with Crippen molar-refractivity contribution in [3.8, 4) is 0 Å². The Kier molecular flexibility index (Phi) is 6.61. The molecular formula is C12H22N2OS. The van der Waals surface area contributed by atoms with Gasteiger partial charge >= 0.3 is 0 Å². The molecule has 1 atom stereocenters. The first kappa shape index (κ1) is 13.6. The van der Waals surface area contributed by atoms with E-state index in [0.717, 1.165) is 30.1 Å². The van der Waals surface area contributed by atoms with Crippen LogP contribution in [-0.2, 0) is 0 Å². The lowest BCUT2D eigenvalue weighted by Crippen LogP contribution is -2.20.